The van der Waals surface area contributed by atoms with E-state index in [1.807, 2.05) is 0 Å². The first-order chi connectivity index (χ1) is 34.5. The van der Waals surface area contributed by atoms with E-state index in [1.54, 1.807) is 0 Å². The number of ether oxygens (including phenoxy) is 3. The standard InChI is InChI=1S/C64H116O6/c1-4-7-10-13-16-18-20-22-24-25-26-27-28-29-30-31-32-33-34-35-36-37-38-39-40-42-43-45-48-51-54-57-63(66)69-60-61(59-68-62(65)56-53-50-47-15-12-9-6-3)70-64(67)58-55-52-49-46-44-41-23-21-19-17-14-11-8-5-2/h7,10,16,18,22,24,26-27,61H,4-6,8-9,11-15,17,19-21,23,25,28-60H2,1-3H3/b10-7-,18-16-,24-22-,27-26-. The molecule has 0 N–H and O–H groups in total. The van der Waals surface area contributed by atoms with E-state index in [2.05, 4.69) is 69.4 Å². The zero-order valence-corrected chi connectivity index (χ0v) is 46.8. The Bertz CT molecular complexity index is 1220. The van der Waals surface area contributed by atoms with Gasteiger partial charge in [0, 0.05) is 19.3 Å². The average molecular weight is 982 g/mol. The van der Waals surface area contributed by atoms with Crippen LogP contribution in [0.5, 0.6) is 0 Å². The second kappa shape index (κ2) is 58.9. The molecular weight excluding hydrogens is 865 g/mol. The lowest BCUT2D eigenvalue weighted by molar-refractivity contribution is -0.167. The molecule has 1 atom stereocenters. The summed E-state index contributed by atoms with van der Waals surface area (Å²) in [4.78, 5) is 37.9. The fourth-order valence-corrected chi connectivity index (χ4v) is 9.02. The molecule has 0 aromatic rings. The first-order valence-electron chi connectivity index (χ1n) is 30.6. The Hall–Kier alpha value is -2.63. The first kappa shape index (κ1) is 67.4. The Morgan fingerprint density at radius 3 is 0.871 bits per heavy atom. The predicted molar refractivity (Wildman–Crippen MR) is 302 cm³/mol. The van der Waals surface area contributed by atoms with Crippen molar-refractivity contribution in [2.24, 2.45) is 0 Å². The maximum Gasteiger partial charge on any atom is 0.306 e. The van der Waals surface area contributed by atoms with Crippen LogP contribution in [0.2, 0.25) is 0 Å². The summed E-state index contributed by atoms with van der Waals surface area (Å²) in [6.45, 7) is 6.52. The van der Waals surface area contributed by atoms with Gasteiger partial charge >= 0.3 is 17.9 Å². The number of allylic oxidation sites excluding steroid dienone is 8. The Kier molecular flexibility index (Phi) is 56.7. The smallest absolute Gasteiger partial charge is 0.306 e. The van der Waals surface area contributed by atoms with Crippen LogP contribution >= 0.6 is 0 Å². The van der Waals surface area contributed by atoms with Crippen molar-refractivity contribution in [2.75, 3.05) is 13.2 Å². The third-order valence-corrected chi connectivity index (χ3v) is 13.6. The number of unbranched alkanes of at least 4 members (excludes halogenated alkanes) is 37. The van der Waals surface area contributed by atoms with Gasteiger partial charge in [-0.15, -0.1) is 0 Å². The van der Waals surface area contributed by atoms with E-state index in [1.165, 1.54) is 199 Å². The van der Waals surface area contributed by atoms with Crippen molar-refractivity contribution in [3.05, 3.63) is 48.6 Å². The molecule has 6 heteroatoms. The fourth-order valence-electron chi connectivity index (χ4n) is 9.02. The Labute approximate surface area is 435 Å². The zero-order valence-electron chi connectivity index (χ0n) is 46.8. The molecule has 0 aromatic heterocycles. The van der Waals surface area contributed by atoms with Crippen LogP contribution in [0.25, 0.3) is 0 Å². The zero-order chi connectivity index (χ0) is 50.7. The van der Waals surface area contributed by atoms with Gasteiger partial charge in [0.1, 0.15) is 13.2 Å². The summed E-state index contributed by atoms with van der Waals surface area (Å²) < 4.78 is 16.8. The highest BCUT2D eigenvalue weighted by atomic mass is 16.6. The number of hydrogen-bond donors (Lipinski definition) is 0. The molecule has 0 spiro atoms. The molecule has 0 aliphatic heterocycles. The van der Waals surface area contributed by atoms with Crippen LogP contribution < -0.4 is 0 Å². The molecule has 0 aromatic carbocycles. The van der Waals surface area contributed by atoms with Gasteiger partial charge < -0.3 is 14.2 Å². The lowest BCUT2D eigenvalue weighted by atomic mass is 10.0. The van der Waals surface area contributed by atoms with Crippen molar-refractivity contribution in [3.63, 3.8) is 0 Å². The van der Waals surface area contributed by atoms with Crippen LogP contribution in [0.4, 0.5) is 0 Å². The molecule has 0 aliphatic carbocycles. The minimum atomic E-state index is -0.764. The molecule has 0 fully saturated rings. The largest absolute Gasteiger partial charge is 0.462 e. The van der Waals surface area contributed by atoms with Crippen LogP contribution in [0.1, 0.15) is 323 Å². The Balaban J connectivity index is 3.99. The van der Waals surface area contributed by atoms with Crippen molar-refractivity contribution in [2.45, 2.75) is 329 Å². The van der Waals surface area contributed by atoms with Crippen molar-refractivity contribution < 1.29 is 28.6 Å². The molecule has 6 nitrogen and oxygen atoms in total. The van der Waals surface area contributed by atoms with E-state index >= 15 is 0 Å². The SMILES string of the molecule is CC/C=C\C/C=C\C/C=C\C/C=C\CCCCCCCCCCCCCCCCCCCCC(=O)OCC(COC(=O)CCCCCCCCC)OC(=O)CCCCCCCCCCCCCCCC. The highest BCUT2D eigenvalue weighted by molar-refractivity contribution is 5.71. The van der Waals surface area contributed by atoms with Gasteiger partial charge in [-0.2, -0.15) is 0 Å². The summed E-state index contributed by atoms with van der Waals surface area (Å²) in [6, 6.07) is 0. The van der Waals surface area contributed by atoms with Gasteiger partial charge in [0.15, 0.2) is 6.10 Å². The van der Waals surface area contributed by atoms with Gasteiger partial charge in [0.05, 0.1) is 0 Å². The second-order valence-corrected chi connectivity index (χ2v) is 20.6. The summed E-state index contributed by atoms with van der Waals surface area (Å²) in [5, 5.41) is 0. The van der Waals surface area contributed by atoms with E-state index in [4.69, 9.17) is 14.2 Å². The van der Waals surface area contributed by atoms with Crippen molar-refractivity contribution in [1.29, 1.82) is 0 Å². The summed E-state index contributed by atoms with van der Waals surface area (Å²) in [5.74, 6) is -0.855. The van der Waals surface area contributed by atoms with Crippen molar-refractivity contribution in [1.82, 2.24) is 0 Å². The maximum atomic E-state index is 12.8. The van der Waals surface area contributed by atoms with E-state index < -0.39 is 6.10 Å². The normalized spacial score (nSPS) is 12.3. The lowest BCUT2D eigenvalue weighted by Gasteiger charge is -2.18. The molecule has 0 aliphatic rings. The number of rotatable bonds is 56. The predicted octanol–water partition coefficient (Wildman–Crippen LogP) is 20.6. The second-order valence-electron chi connectivity index (χ2n) is 20.6. The summed E-state index contributed by atoms with van der Waals surface area (Å²) >= 11 is 0. The van der Waals surface area contributed by atoms with Crippen LogP contribution in [0, 0.1) is 0 Å². The number of carbonyl (C=O) groups is 3. The Morgan fingerprint density at radius 2 is 0.557 bits per heavy atom. The fraction of sp³-hybridized carbons (Fsp3) is 0.828. The van der Waals surface area contributed by atoms with Gasteiger partial charge in [-0.1, -0.05) is 294 Å². The maximum absolute atomic E-state index is 12.8. The first-order valence-corrected chi connectivity index (χ1v) is 30.6. The summed E-state index contributed by atoms with van der Waals surface area (Å²) in [7, 11) is 0. The molecule has 1 unspecified atom stereocenters. The number of esters is 3. The monoisotopic (exact) mass is 981 g/mol. The van der Waals surface area contributed by atoms with Gasteiger partial charge in [0.2, 0.25) is 0 Å². The van der Waals surface area contributed by atoms with E-state index in [9.17, 15) is 14.4 Å². The molecule has 0 heterocycles. The van der Waals surface area contributed by atoms with Crippen molar-refractivity contribution >= 4 is 17.9 Å². The minimum absolute atomic E-state index is 0.0668. The molecule has 408 valence electrons. The van der Waals surface area contributed by atoms with E-state index in [0.29, 0.717) is 19.3 Å². The summed E-state index contributed by atoms with van der Waals surface area (Å²) in [6.07, 6.45) is 72.9. The molecule has 0 rings (SSSR count). The van der Waals surface area contributed by atoms with E-state index in [-0.39, 0.29) is 31.1 Å². The molecule has 0 saturated heterocycles. The van der Waals surface area contributed by atoms with Gasteiger partial charge in [-0.3, -0.25) is 14.4 Å². The van der Waals surface area contributed by atoms with Crippen molar-refractivity contribution in [3.8, 4) is 0 Å². The molecular formula is C64H116O6. The van der Waals surface area contributed by atoms with Crippen LogP contribution in [0.3, 0.4) is 0 Å². The van der Waals surface area contributed by atoms with Gasteiger partial charge in [-0.05, 0) is 57.8 Å². The molecule has 0 radical (unpaired) electrons. The molecule has 0 amide bonds. The van der Waals surface area contributed by atoms with Crippen LogP contribution in [-0.2, 0) is 28.6 Å². The highest BCUT2D eigenvalue weighted by Crippen LogP contribution is 2.17. The lowest BCUT2D eigenvalue weighted by Crippen LogP contribution is -2.30. The topological polar surface area (TPSA) is 78.9 Å². The van der Waals surface area contributed by atoms with Gasteiger partial charge in [0.25, 0.3) is 0 Å². The molecule has 0 saturated carbocycles. The Morgan fingerprint density at radius 1 is 0.300 bits per heavy atom. The highest BCUT2D eigenvalue weighted by Gasteiger charge is 2.19. The van der Waals surface area contributed by atoms with Crippen LogP contribution in [0.15, 0.2) is 48.6 Å². The quantitative estimate of drug-likeness (QED) is 0.0261. The molecule has 70 heavy (non-hydrogen) atoms. The van der Waals surface area contributed by atoms with E-state index in [0.717, 1.165) is 83.5 Å². The third-order valence-electron chi connectivity index (χ3n) is 13.6. The number of carbonyl (C=O) groups excluding carboxylic acids is 3. The number of hydrogen-bond acceptors (Lipinski definition) is 6. The average Bonchev–Trinajstić information content (AvgIpc) is 3.36. The van der Waals surface area contributed by atoms with Gasteiger partial charge in [-0.25, -0.2) is 0 Å². The van der Waals surface area contributed by atoms with Crippen LogP contribution in [-0.4, -0.2) is 37.2 Å². The molecule has 0 bridgehead atoms. The minimum Gasteiger partial charge on any atom is -0.462 e. The summed E-state index contributed by atoms with van der Waals surface area (Å²) in [5.41, 5.74) is 0. The third kappa shape index (κ3) is 56.3.